The minimum absolute atomic E-state index is 0.236. The first-order valence-corrected chi connectivity index (χ1v) is 6.14. The van der Waals surface area contributed by atoms with Gasteiger partial charge in [-0.25, -0.2) is 4.98 Å². The third-order valence-electron chi connectivity index (χ3n) is 3.58. The van der Waals surface area contributed by atoms with Crippen LogP contribution in [0.15, 0.2) is 18.6 Å². The molecule has 1 saturated carbocycles. The summed E-state index contributed by atoms with van der Waals surface area (Å²) in [5.41, 5.74) is 0. The molecule has 90 valence electrons. The van der Waals surface area contributed by atoms with Crippen molar-refractivity contribution < 1.29 is 4.79 Å². The van der Waals surface area contributed by atoms with E-state index >= 15 is 0 Å². The highest BCUT2D eigenvalue weighted by Crippen LogP contribution is 2.27. The zero-order valence-electron chi connectivity index (χ0n) is 9.67. The molecule has 1 N–H and O–H groups in total. The first kappa shape index (κ1) is 10.5. The Bertz CT molecular complexity index is 398. The predicted molar refractivity (Wildman–Crippen MR) is 63.5 cm³/mol. The van der Waals surface area contributed by atoms with Crippen molar-refractivity contribution >= 4 is 11.7 Å². The van der Waals surface area contributed by atoms with E-state index in [9.17, 15) is 4.79 Å². The lowest BCUT2D eigenvalue weighted by atomic mass is 9.84. The van der Waals surface area contributed by atoms with Gasteiger partial charge in [0.05, 0.1) is 12.2 Å². The molecule has 0 spiro atoms. The fraction of sp³-hybridized carbons (Fsp3) is 0.583. The van der Waals surface area contributed by atoms with Crippen LogP contribution in [-0.4, -0.2) is 35.0 Å². The number of aromatic nitrogens is 2. The van der Waals surface area contributed by atoms with Crippen molar-refractivity contribution in [2.24, 2.45) is 5.92 Å². The van der Waals surface area contributed by atoms with Crippen LogP contribution in [0.25, 0.3) is 0 Å². The summed E-state index contributed by atoms with van der Waals surface area (Å²) in [6.07, 6.45) is 8.44. The fourth-order valence-corrected chi connectivity index (χ4v) is 2.20. The molecule has 1 amide bonds. The van der Waals surface area contributed by atoms with Crippen molar-refractivity contribution in [1.29, 1.82) is 0 Å². The maximum absolute atomic E-state index is 11.7. The lowest BCUT2D eigenvalue weighted by Gasteiger charge is -2.41. The van der Waals surface area contributed by atoms with Gasteiger partial charge in [0.15, 0.2) is 0 Å². The smallest absolute Gasteiger partial charge is 0.223 e. The second-order valence-electron chi connectivity index (χ2n) is 4.80. The van der Waals surface area contributed by atoms with E-state index in [-0.39, 0.29) is 17.9 Å². The van der Waals surface area contributed by atoms with E-state index < -0.39 is 0 Å². The van der Waals surface area contributed by atoms with Crippen LogP contribution in [0.3, 0.4) is 0 Å². The summed E-state index contributed by atoms with van der Waals surface area (Å²) in [5.74, 6) is 1.40. The Morgan fingerprint density at radius 3 is 2.76 bits per heavy atom. The van der Waals surface area contributed by atoms with Crippen molar-refractivity contribution in [1.82, 2.24) is 15.3 Å². The van der Waals surface area contributed by atoms with Gasteiger partial charge < -0.3 is 10.2 Å². The first-order chi connectivity index (χ1) is 8.33. The minimum atomic E-state index is 0.236. The zero-order valence-corrected chi connectivity index (χ0v) is 9.67. The summed E-state index contributed by atoms with van der Waals surface area (Å²) in [4.78, 5) is 22.1. The summed E-state index contributed by atoms with van der Waals surface area (Å²) >= 11 is 0. The molecule has 0 unspecified atom stereocenters. The average Bonchev–Trinajstić information content (AvgIpc) is 2.21. The third kappa shape index (κ3) is 2.09. The molecule has 5 heteroatoms. The number of hydrogen-bond acceptors (Lipinski definition) is 4. The molecule has 0 aromatic carbocycles. The molecular formula is C12H16N4O. The molecule has 1 aromatic heterocycles. The number of anilines is 1. The summed E-state index contributed by atoms with van der Waals surface area (Å²) in [7, 11) is 0. The molecule has 5 nitrogen and oxygen atoms in total. The van der Waals surface area contributed by atoms with Crippen molar-refractivity contribution in [3.05, 3.63) is 18.6 Å². The summed E-state index contributed by atoms with van der Waals surface area (Å²) in [6.45, 7) is 1.69. The molecule has 1 saturated heterocycles. The van der Waals surface area contributed by atoms with Gasteiger partial charge in [-0.15, -0.1) is 0 Å². The van der Waals surface area contributed by atoms with Crippen molar-refractivity contribution in [2.75, 3.05) is 18.0 Å². The van der Waals surface area contributed by atoms with Gasteiger partial charge in [0.1, 0.15) is 5.82 Å². The lowest BCUT2D eigenvalue weighted by Crippen LogP contribution is -2.60. The summed E-state index contributed by atoms with van der Waals surface area (Å²) in [5, 5.41) is 3.09. The van der Waals surface area contributed by atoms with E-state index in [0.717, 1.165) is 31.7 Å². The van der Waals surface area contributed by atoms with Crippen LogP contribution in [0.2, 0.25) is 0 Å². The predicted octanol–water partition coefficient (Wildman–Crippen LogP) is 0.581. The second kappa shape index (κ2) is 4.31. The van der Waals surface area contributed by atoms with Gasteiger partial charge >= 0.3 is 0 Å². The van der Waals surface area contributed by atoms with Crippen molar-refractivity contribution in [3.8, 4) is 0 Å². The summed E-state index contributed by atoms with van der Waals surface area (Å²) < 4.78 is 0. The quantitative estimate of drug-likeness (QED) is 0.828. The maximum Gasteiger partial charge on any atom is 0.223 e. The summed E-state index contributed by atoms with van der Waals surface area (Å²) in [6, 6.07) is 0.283. The van der Waals surface area contributed by atoms with Crippen LogP contribution in [0.5, 0.6) is 0 Å². The molecule has 0 radical (unpaired) electrons. The Kier molecular flexibility index (Phi) is 2.66. The van der Waals surface area contributed by atoms with Gasteiger partial charge in [-0.3, -0.25) is 9.78 Å². The third-order valence-corrected chi connectivity index (χ3v) is 3.58. The Morgan fingerprint density at radius 1 is 1.35 bits per heavy atom. The van der Waals surface area contributed by atoms with Gasteiger partial charge in [0, 0.05) is 31.4 Å². The van der Waals surface area contributed by atoms with Gasteiger partial charge in [0.2, 0.25) is 5.91 Å². The van der Waals surface area contributed by atoms with E-state index in [1.165, 1.54) is 6.42 Å². The van der Waals surface area contributed by atoms with E-state index in [4.69, 9.17) is 0 Å². The molecule has 1 aliphatic carbocycles. The average molecular weight is 232 g/mol. The Labute approximate surface area is 100 Å². The van der Waals surface area contributed by atoms with Gasteiger partial charge in [-0.05, 0) is 12.8 Å². The highest BCUT2D eigenvalue weighted by Gasteiger charge is 2.32. The number of nitrogens with zero attached hydrogens (tertiary/aromatic N) is 3. The van der Waals surface area contributed by atoms with E-state index in [1.807, 2.05) is 0 Å². The highest BCUT2D eigenvalue weighted by atomic mass is 16.2. The number of hydrogen-bond donors (Lipinski definition) is 1. The second-order valence-corrected chi connectivity index (χ2v) is 4.80. The normalized spacial score (nSPS) is 20.6. The monoisotopic (exact) mass is 232 g/mol. The number of nitrogens with one attached hydrogen (secondary N) is 1. The molecule has 3 rings (SSSR count). The molecule has 2 heterocycles. The number of carbonyl (C=O) groups is 1. The molecule has 0 bridgehead atoms. The van der Waals surface area contributed by atoms with Crippen LogP contribution < -0.4 is 10.2 Å². The Balaban J connectivity index is 1.47. The molecule has 2 fully saturated rings. The Hall–Kier alpha value is -1.65. The van der Waals surface area contributed by atoms with Crippen molar-refractivity contribution in [2.45, 2.75) is 25.3 Å². The van der Waals surface area contributed by atoms with Crippen LogP contribution >= 0.6 is 0 Å². The van der Waals surface area contributed by atoms with Gasteiger partial charge in [-0.1, -0.05) is 6.42 Å². The first-order valence-electron chi connectivity index (χ1n) is 6.14. The SMILES string of the molecule is O=C(NC1CN(c2cnccn2)C1)C1CCC1. The van der Waals surface area contributed by atoms with Crippen LogP contribution in [-0.2, 0) is 4.79 Å². The highest BCUT2D eigenvalue weighted by molar-refractivity contribution is 5.80. The standard InChI is InChI=1S/C12H16N4O/c17-12(9-2-1-3-9)15-10-7-16(8-10)11-6-13-4-5-14-11/h4-6,9-10H,1-3,7-8H2,(H,15,17). The van der Waals surface area contributed by atoms with Crippen molar-refractivity contribution in [3.63, 3.8) is 0 Å². The topological polar surface area (TPSA) is 58.1 Å². The molecule has 17 heavy (non-hydrogen) atoms. The van der Waals surface area contributed by atoms with E-state index in [2.05, 4.69) is 20.2 Å². The molecular weight excluding hydrogens is 216 g/mol. The number of carbonyl (C=O) groups excluding carboxylic acids is 1. The zero-order chi connectivity index (χ0) is 11.7. The lowest BCUT2D eigenvalue weighted by molar-refractivity contribution is -0.128. The maximum atomic E-state index is 11.7. The van der Waals surface area contributed by atoms with Crippen LogP contribution in [0, 0.1) is 5.92 Å². The Morgan fingerprint density at radius 2 is 2.18 bits per heavy atom. The van der Waals surface area contributed by atoms with Gasteiger partial charge in [-0.2, -0.15) is 0 Å². The molecule has 1 aromatic rings. The number of amides is 1. The van der Waals surface area contributed by atoms with E-state index in [1.54, 1.807) is 18.6 Å². The molecule has 2 aliphatic rings. The minimum Gasteiger partial charge on any atom is -0.351 e. The molecule has 0 atom stereocenters. The van der Waals surface area contributed by atoms with E-state index in [0.29, 0.717) is 0 Å². The fourth-order valence-electron chi connectivity index (χ4n) is 2.20. The number of rotatable bonds is 3. The van der Waals surface area contributed by atoms with Crippen LogP contribution in [0.1, 0.15) is 19.3 Å². The van der Waals surface area contributed by atoms with Crippen LogP contribution in [0.4, 0.5) is 5.82 Å². The largest absolute Gasteiger partial charge is 0.351 e. The molecule has 1 aliphatic heterocycles. The van der Waals surface area contributed by atoms with Gasteiger partial charge in [0.25, 0.3) is 0 Å².